The molecule has 3 atom stereocenters. The first-order valence-corrected chi connectivity index (χ1v) is 10.4. The molecule has 1 amide bonds. The second kappa shape index (κ2) is 6.92. The Morgan fingerprint density at radius 3 is 2.57 bits per heavy atom. The molecule has 6 rings (SSSR count). The van der Waals surface area contributed by atoms with Crippen LogP contribution < -0.4 is 4.74 Å². The number of hydrogen-bond acceptors (Lipinski definition) is 4. The van der Waals surface area contributed by atoms with Gasteiger partial charge in [-0.15, -0.1) is 0 Å². The van der Waals surface area contributed by atoms with Gasteiger partial charge in [-0.1, -0.05) is 12.1 Å². The monoisotopic (exact) mass is 380 g/mol. The van der Waals surface area contributed by atoms with Crippen molar-refractivity contribution in [1.82, 2.24) is 19.6 Å². The summed E-state index contributed by atoms with van der Waals surface area (Å²) in [6, 6.07) is 11.0. The van der Waals surface area contributed by atoms with Crippen molar-refractivity contribution in [3.05, 3.63) is 47.8 Å². The molecule has 2 aromatic rings. The highest BCUT2D eigenvalue weighted by Gasteiger charge is 2.54. The number of hydrogen-bond donors (Lipinski definition) is 0. The molecule has 28 heavy (non-hydrogen) atoms. The van der Waals surface area contributed by atoms with Gasteiger partial charge < -0.3 is 9.64 Å². The minimum atomic E-state index is 0.138. The number of aromatic nitrogens is 2. The number of piperidine rings is 3. The van der Waals surface area contributed by atoms with Crippen molar-refractivity contribution >= 4 is 5.91 Å². The smallest absolute Gasteiger partial charge is 0.272 e. The molecule has 5 heterocycles. The number of rotatable bonds is 4. The van der Waals surface area contributed by atoms with Crippen LogP contribution in [0.5, 0.6) is 5.75 Å². The summed E-state index contributed by atoms with van der Waals surface area (Å²) in [7, 11) is 1.70. The fourth-order valence-corrected chi connectivity index (χ4v) is 5.71. The molecule has 0 radical (unpaired) electrons. The maximum atomic E-state index is 13.5. The van der Waals surface area contributed by atoms with Gasteiger partial charge in [0.1, 0.15) is 11.4 Å². The number of likely N-dealkylation sites (tertiary alicyclic amines) is 1. The highest BCUT2D eigenvalue weighted by molar-refractivity contribution is 5.93. The van der Waals surface area contributed by atoms with Crippen LogP contribution in [0, 0.1) is 5.92 Å². The maximum absolute atomic E-state index is 13.5. The van der Waals surface area contributed by atoms with Gasteiger partial charge >= 0.3 is 0 Å². The summed E-state index contributed by atoms with van der Waals surface area (Å²) in [5.41, 5.74) is 2.02. The summed E-state index contributed by atoms with van der Waals surface area (Å²) in [5.74, 6) is 1.98. The maximum Gasteiger partial charge on any atom is 0.272 e. The van der Waals surface area contributed by atoms with Crippen molar-refractivity contribution in [3.8, 4) is 5.75 Å². The summed E-state index contributed by atoms with van der Waals surface area (Å²) in [4.78, 5) is 18.3. The second-order valence-electron chi connectivity index (χ2n) is 8.22. The fraction of sp³-hybridized carbons (Fsp3) is 0.545. The lowest BCUT2D eigenvalue weighted by Gasteiger charge is -2.51. The average Bonchev–Trinajstić information content (AvgIpc) is 3.40. The lowest BCUT2D eigenvalue weighted by atomic mass is 9.75. The van der Waals surface area contributed by atoms with Crippen molar-refractivity contribution in [2.75, 3.05) is 26.7 Å². The number of fused-ring (bicyclic) bond motifs is 2. The Morgan fingerprint density at radius 2 is 1.89 bits per heavy atom. The van der Waals surface area contributed by atoms with E-state index in [2.05, 4.69) is 27.0 Å². The van der Waals surface area contributed by atoms with Crippen LogP contribution in [0.4, 0.5) is 0 Å². The van der Waals surface area contributed by atoms with Crippen LogP contribution in [0.3, 0.4) is 0 Å². The SMILES string of the molecule is CCn1nccc1C(=O)N1C[C@@H](c2ccc(OC)cc2)[C@@H]2[C@H]1C1CCN2CC1. The molecule has 0 unspecified atom stereocenters. The predicted octanol–water partition coefficient (Wildman–Crippen LogP) is 2.61. The molecule has 1 aromatic carbocycles. The number of amides is 1. The number of carbonyl (C=O) groups excluding carboxylic acids is 1. The Labute approximate surface area is 166 Å². The highest BCUT2D eigenvalue weighted by Crippen LogP contribution is 2.47. The molecule has 0 spiro atoms. The van der Waals surface area contributed by atoms with Crippen molar-refractivity contribution < 1.29 is 9.53 Å². The molecule has 4 fully saturated rings. The number of benzene rings is 1. The molecule has 1 aromatic heterocycles. The van der Waals surface area contributed by atoms with E-state index in [-0.39, 0.29) is 5.91 Å². The van der Waals surface area contributed by atoms with E-state index in [9.17, 15) is 4.79 Å². The number of aryl methyl sites for hydroxylation is 1. The van der Waals surface area contributed by atoms with Gasteiger partial charge in [-0.3, -0.25) is 14.4 Å². The Balaban J connectivity index is 1.51. The van der Waals surface area contributed by atoms with Crippen LogP contribution in [0.15, 0.2) is 36.5 Å². The summed E-state index contributed by atoms with van der Waals surface area (Å²) < 4.78 is 7.16. The van der Waals surface area contributed by atoms with Gasteiger partial charge in [-0.05, 0) is 62.5 Å². The van der Waals surface area contributed by atoms with Gasteiger partial charge in [0.2, 0.25) is 0 Å². The quantitative estimate of drug-likeness (QED) is 0.818. The summed E-state index contributed by atoms with van der Waals surface area (Å²) >= 11 is 0. The Bertz CT molecular complexity index is 854. The topological polar surface area (TPSA) is 50.6 Å². The Hall–Kier alpha value is -2.34. The Kier molecular flexibility index (Phi) is 4.38. The lowest BCUT2D eigenvalue weighted by Crippen LogP contribution is -2.60. The van der Waals surface area contributed by atoms with Gasteiger partial charge in [0.25, 0.3) is 5.91 Å². The molecule has 6 heteroatoms. The molecule has 4 aliphatic heterocycles. The van der Waals surface area contributed by atoms with E-state index in [0.29, 0.717) is 36.2 Å². The van der Waals surface area contributed by atoms with E-state index in [4.69, 9.17) is 4.74 Å². The third-order valence-electron chi connectivity index (χ3n) is 7.03. The van der Waals surface area contributed by atoms with Gasteiger partial charge in [0.15, 0.2) is 0 Å². The molecule has 2 bridgehead atoms. The zero-order chi connectivity index (χ0) is 19.3. The number of ether oxygens (including phenoxy) is 1. The van der Waals surface area contributed by atoms with E-state index < -0.39 is 0 Å². The Morgan fingerprint density at radius 1 is 1.14 bits per heavy atom. The van der Waals surface area contributed by atoms with Crippen molar-refractivity contribution in [2.24, 2.45) is 5.92 Å². The molecule has 6 nitrogen and oxygen atoms in total. The summed E-state index contributed by atoms with van der Waals surface area (Å²) in [6.45, 7) is 5.85. The minimum Gasteiger partial charge on any atom is -0.497 e. The predicted molar refractivity (Wildman–Crippen MR) is 107 cm³/mol. The molecular formula is C22H28N4O2. The van der Waals surface area contributed by atoms with Gasteiger partial charge in [-0.25, -0.2) is 0 Å². The van der Waals surface area contributed by atoms with Crippen LogP contribution in [0.25, 0.3) is 0 Å². The first kappa shape index (κ1) is 17.7. The van der Waals surface area contributed by atoms with Gasteiger partial charge in [0, 0.05) is 31.2 Å². The normalized spacial score (nSPS) is 31.1. The number of nitrogens with zero attached hydrogens (tertiary/aromatic N) is 4. The summed E-state index contributed by atoms with van der Waals surface area (Å²) in [6.07, 6.45) is 4.14. The molecule has 0 saturated carbocycles. The first-order chi connectivity index (χ1) is 13.7. The van der Waals surface area contributed by atoms with Crippen LogP contribution >= 0.6 is 0 Å². The fourth-order valence-electron chi connectivity index (χ4n) is 5.71. The molecule has 0 N–H and O–H groups in total. The molecule has 0 aliphatic carbocycles. The summed E-state index contributed by atoms with van der Waals surface area (Å²) in [5, 5.41) is 4.32. The van der Waals surface area contributed by atoms with Crippen molar-refractivity contribution in [2.45, 2.75) is 44.3 Å². The number of methoxy groups -OCH3 is 1. The average molecular weight is 380 g/mol. The van der Waals surface area contributed by atoms with Crippen LogP contribution in [0.1, 0.15) is 41.7 Å². The van der Waals surface area contributed by atoms with E-state index in [1.807, 2.05) is 29.8 Å². The van der Waals surface area contributed by atoms with Crippen molar-refractivity contribution in [3.63, 3.8) is 0 Å². The van der Waals surface area contributed by atoms with Gasteiger partial charge in [0.05, 0.1) is 13.2 Å². The highest BCUT2D eigenvalue weighted by atomic mass is 16.5. The van der Waals surface area contributed by atoms with E-state index >= 15 is 0 Å². The van der Waals surface area contributed by atoms with Crippen molar-refractivity contribution in [1.29, 1.82) is 0 Å². The van der Waals surface area contributed by atoms with E-state index in [1.54, 1.807) is 13.3 Å². The van der Waals surface area contributed by atoms with E-state index in [0.717, 1.165) is 25.4 Å². The molecule has 4 saturated heterocycles. The van der Waals surface area contributed by atoms with Crippen LogP contribution in [-0.2, 0) is 6.54 Å². The zero-order valence-corrected chi connectivity index (χ0v) is 16.6. The third-order valence-corrected chi connectivity index (χ3v) is 7.03. The van der Waals surface area contributed by atoms with Crippen LogP contribution in [-0.4, -0.2) is 64.3 Å². The second-order valence-corrected chi connectivity index (χ2v) is 8.22. The molecule has 148 valence electrons. The lowest BCUT2D eigenvalue weighted by molar-refractivity contribution is -0.00375. The van der Waals surface area contributed by atoms with Crippen LogP contribution in [0.2, 0.25) is 0 Å². The zero-order valence-electron chi connectivity index (χ0n) is 16.6. The number of carbonyl (C=O) groups is 1. The first-order valence-electron chi connectivity index (χ1n) is 10.4. The molecular weight excluding hydrogens is 352 g/mol. The third kappa shape index (κ3) is 2.65. The minimum absolute atomic E-state index is 0.138. The van der Waals surface area contributed by atoms with Gasteiger partial charge in [-0.2, -0.15) is 5.10 Å². The largest absolute Gasteiger partial charge is 0.497 e. The standard InChI is InChI=1S/C22H28N4O2/c1-3-26-19(8-11-23-26)22(27)25-14-18(15-4-6-17(28-2)7-5-15)21-20(25)16-9-12-24(21)13-10-16/h4-8,11,16,18,20-21H,3,9-10,12-14H2,1-2H3/t18-,20+,21+/m0/s1. The molecule has 4 aliphatic rings. The van der Waals surface area contributed by atoms with E-state index in [1.165, 1.54) is 18.4 Å².